The molecule has 2 unspecified atom stereocenters. The lowest BCUT2D eigenvalue weighted by molar-refractivity contribution is 0.365. The Hall–Kier alpha value is -2.61. The molecule has 2 atom stereocenters. The van der Waals surface area contributed by atoms with Gasteiger partial charge in [0.05, 0.1) is 5.69 Å². The molecule has 3 aromatic heterocycles. The highest BCUT2D eigenvalue weighted by molar-refractivity contribution is 5.89. The van der Waals surface area contributed by atoms with Crippen LogP contribution in [0.15, 0.2) is 24.4 Å². The van der Waals surface area contributed by atoms with Crippen molar-refractivity contribution in [2.45, 2.75) is 26.3 Å². The average Bonchev–Trinajstić information content (AvgIpc) is 3.28. The first-order valence-corrected chi connectivity index (χ1v) is 9.11. The lowest BCUT2D eigenvalue weighted by atomic mass is 9.91. The Labute approximate surface area is 158 Å². The summed E-state index contributed by atoms with van der Waals surface area (Å²) in [5, 5.41) is 7.49. The van der Waals surface area contributed by atoms with E-state index in [-0.39, 0.29) is 26.3 Å². The lowest BCUT2D eigenvalue weighted by Crippen LogP contribution is -2.37. The summed E-state index contributed by atoms with van der Waals surface area (Å²) in [4.78, 5) is 10.3. The molecule has 0 radical (unpaired) electrons. The SMILES string of the molecule is CC(C)C(N)C1CCN(c2nc(-c3[nH]nc4ncccc34)c(F)cc2F)C1.[HH].[HH]. The van der Waals surface area contributed by atoms with E-state index < -0.39 is 11.6 Å². The van der Waals surface area contributed by atoms with Crippen LogP contribution in [-0.2, 0) is 0 Å². The number of H-pyrrole nitrogens is 1. The third-order valence-corrected chi connectivity index (χ3v) is 5.32. The second-order valence-electron chi connectivity index (χ2n) is 7.41. The van der Waals surface area contributed by atoms with E-state index in [0.29, 0.717) is 35.7 Å². The first-order valence-electron chi connectivity index (χ1n) is 9.11. The van der Waals surface area contributed by atoms with E-state index in [1.165, 1.54) is 0 Å². The first-order chi connectivity index (χ1) is 13.0. The minimum atomic E-state index is -0.736. The predicted molar refractivity (Wildman–Crippen MR) is 104 cm³/mol. The van der Waals surface area contributed by atoms with Crippen LogP contribution in [0.1, 0.15) is 23.1 Å². The van der Waals surface area contributed by atoms with Gasteiger partial charge in [0.25, 0.3) is 0 Å². The van der Waals surface area contributed by atoms with E-state index in [9.17, 15) is 8.78 Å². The zero-order chi connectivity index (χ0) is 19.1. The van der Waals surface area contributed by atoms with Gasteiger partial charge in [-0.3, -0.25) is 5.10 Å². The van der Waals surface area contributed by atoms with Gasteiger partial charge in [0.2, 0.25) is 0 Å². The van der Waals surface area contributed by atoms with E-state index in [4.69, 9.17) is 5.73 Å². The van der Waals surface area contributed by atoms with Crippen LogP contribution in [0.25, 0.3) is 22.4 Å². The molecule has 0 saturated carbocycles. The second kappa shape index (κ2) is 6.84. The Kier molecular flexibility index (Phi) is 4.51. The molecular weight excluding hydrogens is 350 g/mol. The Morgan fingerprint density at radius 1 is 1.33 bits per heavy atom. The molecule has 1 aliphatic rings. The molecule has 0 aliphatic carbocycles. The number of nitrogens with zero attached hydrogens (tertiary/aromatic N) is 4. The third kappa shape index (κ3) is 3.14. The summed E-state index contributed by atoms with van der Waals surface area (Å²) < 4.78 is 29.0. The number of nitrogens with two attached hydrogens (primary N) is 1. The van der Waals surface area contributed by atoms with Crippen LogP contribution < -0.4 is 10.6 Å². The van der Waals surface area contributed by atoms with Crippen molar-refractivity contribution in [3.63, 3.8) is 0 Å². The zero-order valence-electron chi connectivity index (χ0n) is 15.3. The standard InChI is InChI=1S/C19H22F2N6.2H2/c1-10(2)15(22)11-5-7-27(9-11)19-14(21)8-13(20)17(24-19)16-12-4-3-6-23-18(12)26-25-16;;/h3-4,6,8,10-11,15H,5,7,9,22H2,1-2H3,(H,23,25,26);2*1H. The second-order valence-corrected chi connectivity index (χ2v) is 7.41. The predicted octanol–water partition coefficient (Wildman–Crippen LogP) is 3.60. The molecule has 8 heteroatoms. The van der Waals surface area contributed by atoms with Crippen molar-refractivity contribution in [1.29, 1.82) is 0 Å². The van der Waals surface area contributed by atoms with Gasteiger partial charge in [0.1, 0.15) is 5.69 Å². The minimum absolute atomic E-state index is 0. The van der Waals surface area contributed by atoms with E-state index in [2.05, 4.69) is 34.0 Å². The van der Waals surface area contributed by atoms with Crippen LogP contribution in [0.4, 0.5) is 14.6 Å². The normalized spacial score (nSPS) is 18.6. The van der Waals surface area contributed by atoms with Gasteiger partial charge in [-0.15, -0.1) is 0 Å². The Morgan fingerprint density at radius 2 is 2.15 bits per heavy atom. The molecule has 0 amide bonds. The number of hydrogen-bond acceptors (Lipinski definition) is 5. The van der Waals surface area contributed by atoms with E-state index >= 15 is 0 Å². The topological polar surface area (TPSA) is 83.7 Å². The molecule has 0 aromatic carbocycles. The molecule has 3 aromatic rings. The molecule has 146 valence electrons. The van der Waals surface area contributed by atoms with Crippen molar-refractivity contribution >= 4 is 16.9 Å². The molecule has 3 N–H and O–H groups in total. The Balaban J connectivity index is 0.00000150. The Morgan fingerprint density at radius 3 is 2.93 bits per heavy atom. The molecule has 1 aliphatic heterocycles. The number of rotatable bonds is 4. The van der Waals surface area contributed by atoms with Crippen LogP contribution in [-0.4, -0.2) is 39.3 Å². The summed E-state index contributed by atoms with van der Waals surface area (Å²) in [5.74, 6) is -0.647. The van der Waals surface area contributed by atoms with Crippen molar-refractivity contribution in [3.8, 4) is 11.4 Å². The van der Waals surface area contributed by atoms with Gasteiger partial charge in [-0.2, -0.15) is 5.10 Å². The highest BCUT2D eigenvalue weighted by atomic mass is 19.1. The number of hydrogen-bond donors (Lipinski definition) is 2. The molecule has 27 heavy (non-hydrogen) atoms. The lowest BCUT2D eigenvalue weighted by Gasteiger charge is -2.24. The summed E-state index contributed by atoms with van der Waals surface area (Å²) >= 11 is 0. The monoisotopic (exact) mass is 376 g/mol. The van der Waals surface area contributed by atoms with Crippen LogP contribution in [0.2, 0.25) is 0 Å². The molecule has 0 bridgehead atoms. The van der Waals surface area contributed by atoms with Crippen molar-refractivity contribution in [3.05, 3.63) is 36.0 Å². The van der Waals surface area contributed by atoms with E-state index in [0.717, 1.165) is 12.5 Å². The smallest absolute Gasteiger partial charge is 0.181 e. The van der Waals surface area contributed by atoms with Crippen molar-refractivity contribution in [1.82, 2.24) is 20.2 Å². The van der Waals surface area contributed by atoms with Gasteiger partial charge < -0.3 is 10.6 Å². The number of fused-ring (bicyclic) bond motifs is 1. The van der Waals surface area contributed by atoms with Gasteiger partial charge in [-0.1, -0.05) is 13.8 Å². The van der Waals surface area contributed by atoms with Crippen molar-refractivity contribution < 1.29 is 11.6 Å². The van der Waals surface area contributed by atoms with E-state index in [1.807, 2.05) is 4.90 Å². The van der Waals surface area contributed by atoms with Gasteiger partial charge in [0.15, 0.2) is 23.1 Å². The maximum Gasteiger partial charge on any atom is 0.181 e. The van der Waals surface area contributed by atoms with Crippen molar-refractivity contribution in [2.75, 3.05) is 18.0 Å². The number of aromatic nitrogens is 4. The average molecular weight is 376 g/mol. The quantitative estimate of drug-likeness (QED) is 0.727. The fraction of sp³-hybridized carbons (Fsp3) is 0.421. The summed E-state index contributed by atoms with van der Waals surface area (Å²) in [6.07, 6.45) is 2.47. The molecule has 0 spiro atoms. The third-order valence-electron chi connectivity index (χ3n) is 5.32. The maximum absolute atomic E-state index is 14.5. The molecule has 6 nitrogen and oxygen atoms in total. The number of aromatic amines is 1. The van der Waals surface area contributed by atoms with Gasteiger partial charge >= 0.3 is 0 Å². The number of halogens is 2. The fourth-order valence-electron chi connectivity index (χ4n) is 3.72. The zero-order valence-corrected chi connectivity index (χ0v) is 15.3. The van der Waals surface area contributed by atoms with Crippen molar-refractivity contribution in [2.24, 2.45) is 17.6 Å². The fourth-order valence-corrected chi connectivity index (χ4v) is 3.72. The summed E-state index contributed by atoms with van der Waals surface area (Å²) in [7, 11) is 0. The summed E-state index contributed by atoms with van der Waals surface area (Å²) in [6, 6.07) is 4.44. The summed E-state index contributed by atoms with van der Waals surface area (Å²) in [6.45, 7) is 5.42. The van der Waals surface area contributed by atoms with Crippen LogP contribution in [0.3, 0.4) is 0 Å². The molecule has 1 saturated heterocycles. The minimum Gasteiger partial charge on any atom is -0.354 e. The number of nitrogens with one attached hydrogen (secondary N) is 1. The van der Waals surface area contributed by atoms with Crippen LogP contribution >= 0.6 is 0 Å². The Bertz CT molecular complexity index is 980. The molecule has 4 heterocycles. The number of anilines is 1. The highest BCUT2D eigenvalue weighted by Crippen LogP contribution is 2.32. The molecular formula is C19H26F2N6. The first kappa shape index (κ1) is 17.8. The maximum atomic E-state index is 14.5. The molecule has 4 rings (SSSR count). The van der Waals surface area contributed by atoms with Crippen LogP contribution in [0.5, 0.6) is 0 Å². The highest BCUT2D eigenvalue weighted by Gasteiger charge is 2.31. The van der Waals surface area contributed by atoms with Crippen LogP contribution in [0, 0.1) is 23.5 Å². The van der Waals surface area contributed by atoms with E-state index in [1.54, 1.807) is 18.3 Å². The van der Waals surface area contributed by atoms with Gasteiger partial charge in [-0.05, 0) is 30.4 Å². The van der Waals surface area contributed by atoms with Gasteiger partial charge in [0, 0.05) is 39.6 Å². The number of pyridine rings is 2. The molecule has 1 fully saturated rings. The van der Waals surface area contributed by atoms with Gasteiger partial charge in [-0.25, -0.2) is 18.7 Å². The summed E-state index contributed by atoms with van der Waals surface area (Å²) in [5.41, 5.74) is 7.17. The largest absolute Gasteiger partial charge is 0.354 e.